The molecule has 0 saturated carbocycles. The highest BCUT2D eigenvalue weighted by Gasteiger charge is 2.35. The van der Waals surface area contributed by atoms with Gasteiger partial charge in [-0.3, -0.25) is 38.4 Å². The van der Waals surface area contributed by atoms with Crippen LogP contribution in [-0.2, 0) is 43.2 Å². The second kappa shape index (κ2) is 26.4. The maximum Gasteiger partial charge on any atom is 0.327 e. The van der Waals surface area contributed by atoms with Gasteiger partial charge in [0.2, 0.25) is 47.3 Å². The van der Waals surface area contributed by atoms with E-state index in [0.717, 1.165) is 0 Å². The lowest BCUT2D eigenvalue weighted by Gasteiger charge is -2.28. The summed E-state index contributed by atoms with van der Waals surface area (Å²) in [6, 6.07) is -11.0. The number of aliphatic hydroxyl groups is 3. The number of aliphatic hydroxyl groups excluding tert-OH is 3. The third kappa shape index (κ3) is 18.8. The van der Waals surface area contributed by atoms with Gasteiger partial charge in [0.1, 0.15) is 48.3 Å². The maximum atomic E-state index is 13.3. The molecule has 0 aliphatic heterocycles. The van der Waals surface area contributed by atoms with Crippen LogP contribution in [0.4, 0.5) is 0 Å². The minimum Gasteiger partial charge on any atom is -0.480 e. The molecule has 0 fully saturated rings. The van der Waals surface area contributed by atoms with Gasteiger partial charge in [-0.15, -0.1) is 0 Å². The van der Waals surface area contributed by atoms with E-state index in [1.807, 2.05) is 0 Å². The highest BCUT2D eigenvalue weighted by molar-refractivity contribution is 7.80. The first-order chi connectivity index (χ1) is 26.9. The number of amides is 8. The van der Waals surface area contributed by atoms with Gasteiger partial charge in [0.15, 0.2) is 0 Å². The molecule has 23 nitrogen and oxygen atoms in total. The van der Waals surface area contributed by atoms with Crippen LogP contribution in [-0.4, -0.2) is 159 Å². The molecule has 58 heavy (non-hydrogen) atoms. The van der Waals surface area contributed by atoms with Crippen LogP contribution < -0.4 is 54.0 Å². The van der Waals surface area contributed by atoms with Crippen molar-refractivity contribution in [2.24, 2.45) is 17.4 Å². The maximum absolute atomic E-state index is 13.3. The Morgan fingerprint density at radius 1 is 0.552 bits per heavy atom. The van der Waals surface area contributed by atoms with E-state index in [4.69, 9.17) is 16.6 Å². The van der Waals surface area contributed by atoms with Gasteiger partial charge in [0, 0.05) is 5.75 Å². The minimum absolute atomic E-state index is 0.0438. The summed E-state index contributed by atoms with van der Waals surface area (Å²) in [7, 11) is 0. The Labute approximate surface area is 342 Å². The average molecular weight is 851 g/mol. The number of hydrogen-bond acceptors (Lipinski definition) is 15. The molecule has 332 valence electrons. The van der Waals surface area contributed by atoms with Crippen LogP contribution in [0.15, 0.2) is 0 Å². The van der Waals surface area contributed by atoms with E-state index >= 15 is 0 Å². The van der Waals surface area contributed by atoms with Crippen LogP contribution in [0.3, 0.4) is 0 Å². The topological polar surface area (TPSA) is 383 Å². The number of nitrogens with one attached hydrogen (secondary N) is 8. The molecule has 0 bridgehead atoms. The Kier molecular flexibility index (Phi) is 24.3. The Morgan fingerprint density at radius 3 is 1.45 bits per heavy atom. The first-order valence-corrected chi connectivity index (χ1v) is 19.3. The molecule has 0 aliphatic rings. The van der Waals surface area contributed by atoms with E-state index in [0.29, 0.717) is 12.8 Å². The first kappa shape index (κ1) is 53.4. The van der Waals surface area contributed by atoms with Crippen molar-refractivity contribution >= 4 is 65.9 Å². The minimum atomic E-state index is -1.64. The molecule has 0 unspecified atom stereocenters. The number of unbranched alkanes of at least 4 members (excludes halogenated alkanes) is 1. The van der Waals surface area contributed by atoms with Crippen LogP contribution in [0.25, 0.3) is 0 Å². The molecular weight excluding hydrogens is 788 g/mol. The molecule has 8 amide bonds. The SMILES string of the molecule is CC(C)[C@H](NC(=O)CNC(=O)[C@H](CCCCN)NC(=O)[C@@H](NC(=O)[C@@H](N)[C@@H](C)O)[C@@H](C)O)C(=O)N[C@H](C(=O)N[C@@H](C)C(=O)N[C@@H](C)C(=O)N[C@@H](CS)C(=O)O)[C@@H](C)O. The number of hydrogen-bond donors (Lipinski definition) is 15. The zero-order valence-corrected chi connectivity index (χ0v) is 34.6. The van der Waals surface area contributed by atoms with E-state index in [-0.39, 0.29) is 18.7 Å². The van der Waals surface area contributed by atoms with Crippen molar-refractivity contribution in [2.75, 3.05) is 18.8 Å². The van der Waals surface area contributed by atoms with Crippen LogP contribution in [0.2, 0.25) is 0 Å². The zero-order chi connectivity index (χ0) is 45.0. The molecule has 0 aliphatic carbocycles. The summed E-state index contributed by atoms with van der Waals surface area (Å²) < 4.78 is 0. The molecule has 0 saturated heterocycles. The normalized spacial score (nSPS) is 16.9. The highest BCUT2D eigenvalue weighted by atomic mass is 32.1. The van der Waals surface area contributed by atoms with Gasteiger partial charge in [-0.1, -0.05) is 13.8 Å². The molecule has 11 atom stereocenters. The molecule has 24 heteroatoms. The smallest absolute Gasteiger partial charge is 0.327 e. The molecule has 16 N–H and O–H groups in total. The van der Waals surface area contributed by atoms with Crippen LogP contribution in [0.1, 0.15) is 67.7 Å². The number of thiol groups is 1. The monoisotopic (exact) mass is 850 g/mol. The lowest BCUT2D eigenvalue weighted by Crippen LogP contribution is -2.61. The van der Waals surface area contributed by atoms with Crippen molar-refractivity contribution in [3.63, 3.8) is 0 Å². The van der Waals surface area contributed by atoms with Crippen molar-refractivity contribution < 1.29 is 63.6 Å². The fourth-order valence-corrected chi connectivity index (χ4v) is 5.10. The number of carbonyl (C=O) groups is 9. The van der Waals surface area contributed by atoms with Gasteiger partial charge >= 0.3 is 5.97 Å². The number of carboxylic acids is 1. The largest absolute Gasteiger partial charge is 0.480 e. The summed E-state index contributed by atoms with van der Waals surface area (Å²) in [4.78, 5) is 114. The Balaban J connectivity index is 5.64. The molecule has 0 spiro atoms. The van der Waals surface area contributed by atoms with Gasteiger partial charge in [-0.05, 0) is 66.3 Å². The van der Waals surface area contributed by atoms with Gasteiger partial charge in [-0.2, -0.15) is 12.6 Å². The summed E-state index contributed by atoms with van der Waals surface area (Å²) in [6.45, 7) is 8.89. The predicted octanol–water partition coefficient (Wildman–Crippen LogP) is -6.19. The first-order valence-electron chi connectivity index (χ1n) is 18.6. The number of carboxylic acid groups (broad SMARTS) is 1. The van der Waals surface area contributed by atoms with Crippen molar-refractivity contribution in [1.29, 1.82) is 0 Å². The molecule has 0 rings (SSSR count). The van der Waals surface area contributed by atoms with Crippen molar-refractivity contribution in [1.82, 2.24) is 42.5 Å². The summed E-state index contributed by atoms with van der Waals surface area (Å²) >= 11 is 3.85. The second-order valence-corrected chi connectivity index (χ2v) is 14.5. The molecule has 0 aromatic rings. The summed E-state index contributed by atoms with van der Waals surface area (Å²) in [5.41, 5.74) is 11.2. The molecular formula is C34H62N10O13S. The fourth-order valence-electron chi connectivity index (χ4n) is 4.85. The van der Waals surface area contributed by atoms with E-state index < -0.39 is 132 Å². The standard InChI is InChI=1S/C34H62N10O13S/c1-14(2)24(31(53)44-25(18(6)46)32(54)39-15(3)27(49)38-16(4)28(50)41-21(13-58)34(56)57)42-22(48)12-37-29(51)20(10-8-9-11-35)40-33(55)26(19(7)47)43-30(52)23(36)17(5)45/h14-21,23-26,45-47,58H,8-13,35-36H2,1-7H3,(H,37,51)(H,38,49)(H,39,54)(H,40,55)(H,41,50)(H,42,48)(H,43,52)(H,44,53)(H,56,57)/t15-,16-,17+,18+,19+,20-,21-,23-,24-,25-,26-/m0/s1. The van der Waals surface area contributed by atoms with Gasteiger partial charge in [0.25, 0.3) is 0 Å². The van der Waals surface area contributed by atoms with Crippen molar-refractivity contribution in [3.05, 3.63) is 0 Å². The van der Waals surface area contributed by atoms with Crippen molar-refractivity contribution in [3.8, 4) is 0 Å². The highest BCUT2D eigenvalue weighted by Crippen LogP contribution is 2.06. The number of rotatable bonds is 26. The fraction of sp³-hybridized carbons (Fsp3) is 0.735. The average Bonchev–Trinajstić information content (AvgIpc) is 3.13. The van der Waals surface area contributed by atoms with E-state index in [9.17, 15) is 58.5 Å². The van der Waals surface area contributed by atoms with E-state index in [2.05, 4.69) is 55.2 Å². The number of aliphatic carboxylic acids is 1. The van der Waals surface area contributed by atoms with Gasteiger partial charge in [-0.25, -0.2) is 4.79 Å². The summed E-state index contributed by atoms with van der Waals surface area (Å²) in [5, 5.41) is 57.8. The Bertz CT molecular complexity index is 1440. The molecule has 0 heterocycles. The lowest BCUT2D eigenvalue weighted by molar-refractivity contribution is -0.141. The van der Waals surface area contributed by atoms with Gasteiger partial charge < -0.3 is 74.4 Å². The number of carbonyl (C=O) groups excluding carboxylic acids is 8. The Morgan fingerprint density at radius 2 is 1.00 bits per heavy atom. The quantitative estimate of drug-likeness (QED) is 0.0284. The lowest BCUT2D eigenvalue weighted by atomic mass is 10.0. The zero-order valence-electron chi connectivity index (χ0n) is 33.7. The summed E-state index contributed by atoms with van der Waals surface area (Å²) in [5.74, 6) is -9.34. The molecule has 0 radical (unpaired) electrons. The third-order valence-electron chi connectivity index (χ3n) is 8.52. The van der Waals surface area contributed by atoms with Gasteiger partial charge in [0.05, 0.1) is 24.9 Å². The van der Waals surface area contributed by atoms with Crippen LogP contribution in [0.5, 0.6) is 0 Å². The van der Waals surface area contributed by atoms with Crippen molar-refractivity contribution in [2.45, 2.75) is 134 Å². The number of nitrogens with two attached hydrogens (primary N) is 2. The molecule has 0 aromatic heterocycles. The van der Waals surface area contributed by atoms with Crippen LogP contribution in [0, 0.1) is 5.92 Å². The molecule has 0 aromatic carbocycles. The van der Waals surface area contributed by atoms with E-state index in [1.165, 1.54) is 34.6 Å². The predicted molar refractivity (Wildman–Crippen MR) is 210 cm³/mol. The Hall–Kier alpha value is -4.62. The second-order valence-electron chi connectivity index (χ2n) is 14.1. The summed E-state index contributed by atoms with van der Waals surface area (Å²) in [6.07, 6.45) is -3.36. The third-order valence-corrected chi connectivity index (χ3v) is 8.88. The van der Waals surface area contributed by atoms with Crippen LogP contribution >= 0.6 is 12.6 Å². The van der Waals surface area contributed by atoms with E-state index in [1.54, 1.807) is 13.8 Å².